The normalized spacial score (nSPS) is 25.3. The summed E-state index contributed by atoms with van der Waals surface area (Å²) in [5, 5.41) is 72.3. The van der Waals surface area contributed by atoms with Gasteiger partial charge in [0, 0.05) is 13.0 Å². The highest BCUT2D eigenvalue weighted by molar-refractivity contribution is 5.69. The van der Waals surface area contributed by atoms with Crippen LogP contribution in [0.5, 0.6) is 0 Å². The molecule has 11 unspecified atom stereocenters. The van der Waals surface area contributed by atoms with Gasteiger partial charge in [-0.3, -0.25) is 4.79 Å². The molecular weight excluding hydrogens is 933 g/mol. The van der Waals surface area contributed by atoms with E-state index in [1.807, 2.05) is 0 Å². The predicted octanol–water partition coefficient (Wildman–Crippen LogP) is 10.3. The van der Waals surface area contributed by atoms with E-state index in [1.54, 1.807) is 0 Å². The molecule has 2 saturated heterocycles. The van der Waals surface area contributed by atoms with Crippen molar-refractivity contribution in [3.8, 4) is 0 Å². The zero-order valence-electron chi connectivity index (χ0n) is 45.6. The fraction of sp³-hybridized carbons (Fsp3) is 0.847. The van der Waals surface area contributed by atoms with Gasteiger partial charge < -0.3 is 64.2 Å². The largest absolute Gasteiger partial charge is 0.457 e. The number of aliphatic hydroxyl groups is 7. The molecule has 0 saturated carbocycles. The molecule has 11 atom stereocenters. The number of hydrogen-bond acceptors (Lipinski definition) is 14. The fourth-order valence-corrected chi connectivity index (χ4v) is 9.12. The number of carbonyl (C=O) groups excluding carboxylic acids is 1. The number of allylic oxidation sites excluding steroid dienone is 8. The SMILES string of the molecule is CC/C=C\C/C=C\C/C=C\CCCCCCCCOCC(COC1OC(COC2OC(CO)C(O)C(O)C2O)C(O)C(O)C1O)OC(=O)CCCCCCCCCCCCC/C=C\CCCCCCCCCC. The highest BCUT2D eigenvalue weighted by atomic mass is 16.7. The van der Waals surface area contributed by atoms with E-state index in [9.17, 15) is 40.5 Å². The first-order valence-corrected chi connectivity index (χ1v) is 29.2. The Morgan fingerprint density at radius 2 is 0.890 bits per heavy atom. The van der Waals surface area contributed by atoms with Crippen LogP contribution in [0.4, 0.5) is 0 Å². The van der Waals surface area contributed by atoms with Crippen LogP contribution in [0, 0.1) is 0 Å². The lowest BCUT2D eigenvalue weighted by Gasteiger charge is -2.42. The number of hydrogen-bond donors (Lipinski definition) is 7. The average molecular weight is 1040 g/mol. The van der Waals surface area contributed by atoms with Crippen molar-refractivity contribution in [2.45, 2.75) is 287 Å². The van der Waals surface area contributed by atoms with E-state index in [1.165, 1.54) is 122 Å². The molecule has 2 fully saturated rings. The molecule has 2 aliphatic rings. The maximum atomic E-state index is 13.1. The van der Waals surface area contributed by atoms with Gasteiger partial charge in [-0.1, -0.05) is 191 Å². The van der Waals surface area contributed by atoms with Crippen molar-refractivity contribution in [1.82, 2.24) is 0 Å². The number of aliphatic hydroxyl groups excluding tert-OH is 7. The van der Waals surface area contributed by atoms with Gasteiger partial charge >= 0.3 is 5.97 Å². The van der Waals surface area contributed by atoms with Gasteiger partial charge in [-0.2, -0.15) is 0 Å². The van der Waals surface area contributed by atoms with Crippen LogP contribution in [-0.2, 0) is 33.2 Å². The summed E-state index contributed by atoms with van der Waals surface area (Å²) in [7, 11) is 0. The second-order valence-electron chi connectivity index (χ2n) is 20.4. The van der Waals surface area contributed by atoms with Crippen molar-refractivity contribution in [3.63, 3.8) is 0 Å². The molecule has 2 rings (SSSR count). The highest BCUT2D eigenvalue weighted by Crippen LogP contribution is 2.27. The van der Waals surface area contributed by atoms with Crippen LogP contribution in [0.15, 0.2) is 48.6 Å². The third-order valence-corrected chi connectivity index (χ3v) is 13.8. The molecule has 426 valence electrons. The minimum Gasteiger partial charge on any atom is -0.457 e. The van der Waals surface area contributed by atoms with Gasteiger partial charge in [-0.25, -0.2) is 0 Å². The molecule has 2 heterocycles. The number of esters is 1. The lowest BCUT2D eigenvalue weighted by Crippen LogP contribution is -2.61. The van der Waals surface area contributed by atoms with Gasteiger partial charge in [0.25, 0.3) is 0 Å². The third kappa shape index (κ3) is 33.0. The average Bonchev–Trinajstić information content (AvgIpc) is 3.39. The summed E-state index contributed by atoms with van der Waals surface area (Å²) in [5.41, 5.74) is 0. The van der Waals surface area contributed by atoms with Crippen molar-refractivity contribution in [3.05, 3.63) is 48.6 Å². The predicted molar refractivity (Wildman–Crippen MR) is 289 cm³/mol. The van der Waals surface area contributed by atoms with Gasteiger partial charge in [0.2, 0.25) is 0 Å². The monoisotopic (exact) mass is 1040 g/mol. The van der Waals surface area contributed by atoms with Crippen molar-refractivity contribution in [2.24, 2.45) is 0 Å². The zero-order chi connectivity index (χ0) is 53.0. The van der Waals surface area contributed by atoms with Gasteiger partial charge in [-0.05, 0) is 70.6 Å². The Balaban J connectivity index is 1.70. The van der Waals surface area contributed by atoms with E-state index >= 15 is 0 Å². The molecule has 0 bridgehead atoms. The lowest BCUT2D eigenvalue weighted by molar-refractivity contribution is -0.332. The maximum absolute atomic E-state index is 13.1. The van der Waals surface area contributed by atoms with E-state index in [0.717, 1.165) is 70.6 Å². The lowest BCUT2D eigenvalue weighted by atomic mass is 9.98. The Morgan fingerprint density at radius 1 is 0.466 bits per heavy atom. The molecular formula is C59H106O14. The van der Waals surface area contributed by atoms with E-state index in [-0.39, 0.29) is 25.6 Å². The van der Waals surface area contributed by atoms with Crippen LogP contribution in [-0.4, -0.2) is 142 Å². The molecule has 14 nitrogen and oxygen atoms in total. The fourth-order valence-electron chi connectivity index (χ4n) is 9.12. The van der Waals surface area contributed by atoms with Crippen LogP contribution in [0.1, 0.15) is 219 Å². The van der Waals surface area contributed by atoms with Crippen LogP contribution in [0.2, 0.25) is 0 Å². The van der Waals surface area contributed by atoms with E-state index in [2.05, 4.69) is 62.5 Å². The molecule has 14 heteroatoms. The Morgan fingerprint density at radius 3 is 1.41 bits per heavy atom. The molecule has 0 aliphatic carbocycles. The van der Waals surface area contributed by atoms with Gasteiger partial charge in [0.05, 0.1) is 26.4 Å². The number of rotatable bonds is 47. The van der Waals surface area contributed by atoms with Gasteiger partial charge in [-0.15, -0.1) is 0 Å². The molecule has 0 spiro atoms. The second-order valence-corrected chi connectivity index (χ2v) is 20.4. The summed E-state index contributed by atoms with van der Waals surface area (Å²) in [6, 6.07) is 0. The zero-order valence-corrected chi connectivity index (χ0v) is 45.6. The Bertz CT molecular complexity index is 1390. The van der Waals surface area contributed by atoms with Gasteiger partial charge in [0.15, 0.2) is 12.6 Å². The van der Waals surface area contributed by atoms with Gasteiger partial charge in [0.1, 0.15) is 54.9 Å². The number of carbonyl (C=O) groups is 1. The third-order valence-electron chi connectivity index (χ3n) is 13.8. The summed E-state index contributed by atoms with van der Waals surface area (Å²) in [5.74, 6) is -0.381. The first-order valence-electron chi connectivity index (χ1n) is 29.2. The van der Waals surface area contributed by atoms with E-state index < -0.39 is 80.7 Å². The Labute approximate surface area is 442 Å². The number of unbranched alkanes of at least 4 members (excludes halogenated alkanes) is 25. The number of ether oxygens (including phenoxy) is 6. The summed E-state index contributed by atoms with van der Waals surface area (Å²) >= 11 is 0. The smallest absolute Gasteiger partial charge is 0.306 e. The first-order chi connectivity index (χ1) is 35.6. The van der Waals surface area contributed by atoms with Crippen LogP contribution in [0.25, 0.3) is 0 Å². The summed E-state index contributed by atoms with van der Waals surface area (Å²) in [4.78, 5) is 13.1. The van der Waals surface area contributed by atoms with Crippen molar-refractivity contribution < 1.29 is 69.0 Å². The van der Waals surface area contributed by atoms with Crippen LogP contribution >= 0.6 is 0 Å². The molecule has 0 aromatic carbocycles. The molecule has 73 heavy (non-hydrogen) atoms. The minimum absolute atomic E-state index is 0.0524. The van der Waals surface area contributed by atoms with Crippen LogP contribution in [0.3, 0.4) is 0 Å². The molecule has 0 radical (unpaired) electrons. The minimum atomic E-state index is -1.71. The second kappa shape index (κ2) is 46.1. The highest BCUT2D eigenvalue weighted by Gasteiger charge is 2.47. The summed E-state index contributed by atoms with van der Waals surface area (Å²) in [6.45, 7) is 3.57. The summed E-state index contributed by atoms with van der Waals surface area (Å²) in [6.07, 6.45) is 38.9. The molecule has 2 aliphatic heterocycles. The standard InChI is InChI=1S/C59H106O14/c1-3-5-7-9-11-13-15-17-19-21-22-23-24-25-26-27-28-30-32-34-36-38-40-42-51(61)71-48(45-68-43-41-39-37-35-33-31-29-20-18-16-14-12-10-8-6-4-2)46-69-58-57(67)55(65)53(63)50(73-58)47-70-59-56(66)54(64)52(62)49(44-60)72-59/h6,8,12,14,18,20-22,48-50,52-60,62-67H,3-5,7,9-11,13,15-17,19,23-47H2,1-2H3/b8-6-,14-12-,20-18-,22-21-. The van der Waals surface area contributed by atoms with Crippen molar-refractivity contribution in [2.75, 3.05) is 33.0 Å². The topological polar surface area (TPSA) is 214 Å². The first kappa shape index (κ1) is 67.1. The van der Waals surface area contributed by atoms with Crippen molar-refractivity contribution in [1.29, 1.82) is 0 Å². The molecule has 7 N–H and O–H groups in total. The van der Waals surface area contributed by atoms with Crippen molar-refractivity contribution >= 4 is 5.97 Å². The quantitative estimate of drug-likeness (QED) is 0.0172. The summed E-state index contributed by atoms with van der Waals surface area (Å²) < 4.78 is 34.4. The van der Waals surface area contributed by atoms with E-state index in [0.29, 0.717) is 13.0 Å². The Kier molecular flexibility index (Phi) is 42.3. The molecule has 0 aromatic heterocycles. The maximum Gasteiger partial charge on any atom is 0.306 e. The van der Waals surface area contributed by atoms with E-state index in [4.69, 9.17) is 28.4 Å². The molecule has 0 amide bonds. The Hall–Kier alpha value is -2.05. The van der Waals surface area contributed by atoms with Crippen LogP contribution < -0.4 is 0 Å². The molecule has 0 aromatic rings.